The summed E-state index contributed by atoms with van der Waals surface area (Å²) in [5.41, 5.74) is 2.36. The fraction of sp³-hybridized carbons (Fsp3) is 0.174. The van der Waals surface area contributed by atoms with Crippen LogP contribution in [0.5, 0.6) is 23.0 Å². The summed E-state index contributed by atoms with van der Waals surface area (Å²) in [6.45, 7) is 1.94. The van der Waals surface area contributed by atoms with Crippen LogP contribution in [0, 0.1) is 6.92 Å². The molecule has 0 radical (unpaired) electrons. The summed E-state index contributed by atoms with van der Waals surface area (Å²) in [6, 6.07) is 18.0. The van der Waals surface area contributed by atoms with E-state index < -0.39 is 0 Å². The molecule has 29 heavy (non-hydrogen) atoms. The maximum Gasteiger partial charge on any atom is 0.228 e. The van der Waals surface area contributed by atoms with Crippen molar-refractivity contribution < 1.29 is 19.0 Å². The normalized spacial score (nSPS) is 10.3. The number of aryl methyl sites for hydroxylation is 1. The lowest BCUT2D eigenvalue weighted by molar-refractivity contribution is -0.115. The van der Waals surface area contributed by atoms with Gasteiger partial charge in [0.2, 0.25) is 5.91 Å². The maximum atomic E-state index is 12.6. The second-order valence-electron chi connectivity index (χ2n) is 6.45. The first kappa shape index (κ1) is 20.6. The molecular weight excluding hydrogens is 390 g/mol. The van der Waals surface area contributed by atoms with Gasteiger partial charge >= 0.3 is 0 Å². The maximum absolute atomic E-state index is 12.6. The third kappa shape index (κ3) is 5.42. The number of halogens is 1. The highest BCUT2D eigenvalue weighted by Gasteiger charge is 2.12. The molecule has 0 aliphatic rings. The fourth-order valence-electron chi connectivity index (χ4n) is 2.91. The third-order valence-corrected chi connectivity index (χ3v) is 4.54. The average Bonchev–Trinajstić information content (AvgIpc) is 2.70. The predicted molar refractivity (Wildman–Crippen MR) is 115 cm³/mol. The molecule has 0 saturated carbocycles. The molecule has 0 aromatic heterocycles. The van der Waals surface area contributed by atoms with E-state index in [2.05, 4.69) is 5.32 Å². The van der Waals surface area contributed by atoms with Crippen LogP contribution in [0.25, 0.3) is 0 Å². The Morgan fingerprint density at radius 3 is 2.41 bits per heavy atom. The monoisotopic (exact) mass is 411 g/mol. The molecule has 1 amide bonds. The zero-order chi connectivity index (χ0) is 20.8. The molecule has 5 nitrogen and oxygen atoms in total. The zero-order valence-electron chi connectivity index (χ0n) is 16.5. The molecule has 0 bridgehead atoms. The standard InChI is InChI=1S/C23H22ClNO4/c1-15-11-16(7-9-21(15)28-3)12-23(26)25-20-13-17(24)8-10-22(20)29-19-6-4-5-18(14-19)27-2/h4-11,13-14H,12H2,1-3H3,(H,25,26). The van der Waals surface area contributed by atoms with Gasteiger partial charge in [-0.1, -0.05) is 29.8 Å². The minimum absolute atomic E-state index is 0.174. The van der Waals surface area contributed by atoms with E-state index >= 15 is 0 Å². The molecule has 3 aromatic carbocycles. The molecule has 3 aromatic rings. The van der Waals surface area contributed by atoms with Gasteiger partial charge in [-0.2, -0.15) is 0 Å². The molecule has 0 atom stereocenters. The highest BCUT2D eigenvalue weighted by Crippen LogP contribution is 2.33. The number of ether oxygens (including phenoxy) is 3. The SMILES string of the molecule is COc1cccc(Oc2ccc(Cl)cc2NC(=O)Cc2ccc(OC)c(C)c2)c1. The largest absolute Gasteiger partial charge is 0.497 e. The van der Waals surface area contributed by atoms with E-state index in [0.717, 1.165) is 16.9 Å². The summed E-state index contributed by atoms with van der Waals surface area (Å²) in [7, 11) is 3.21. The molecule has 0 saturated heterocycles. The number of carbonyl (C=O) groups is 1. The van der Waals surface area contributed by atoms with Crippen molar-refractivity contribution in [1.29, 1.82) is 0 Å². The number of hydrogen-bond acceptors (Lipinski definition) is 4. The number of amides is 1. The Hall–Kier alpha value is -3.18. The Balaban J connectivity index is 1.76. The van der Waals surface area contributed by atoms with Crippen molar-refractivity contribution in [1.82, 2.24) is 0 Å². The quantitative estimate of drug-likeness (QED) is 0.546. The van der Waals surface area contributed by atoms with E-state index in [1.165, 1.54) is 0 Å². The van der Waals surface area contributed by atoms with Gasteiger partial charge in [0.1, 0.15) is 17.2 Å². The lowest BCUT2D eigenvalue weighted by Crippen LogP contribution is -2.15. The average molecular weight is 412 g/mol. The molecule has 1 N–H and O–H groups in total. The molecule has 0 fully saturated rings. The summed E-state index contributed by atoms with van der Waals surface area (Å²) in [4.78, 5) is 12.6. The van der Waals surface area contributed by atoms with Crippen molar-refractivity contribution in [3.63, 3.8) is 0 Å². The summed E-state index contributed by atoms with van der Waals surface area (Å²) in [5, 5.41) is 3.38. The van der Waals surface area contributed by atoms with E-state index in [1.807, 2.05) is 43.3 Å². The van der Waals surface area contributed by atoms with E-state index in [9.17, 15) is 4.79 Å². The second-order valence-corrected chi connectivity index (χ2v) is 6.89. The summed E-state index contributed by atoms with van der Waals surface area (Å²) in [6.07, 6.45) is 0.218. The summed E-state index contributed by atoms with van der Waals surface area (Å²) >= 11 is 6.12. The molecule has 0 heterocycles. The van der Waals surface area contributed by atoms with Crippen molar-refractivity contribution in [2.75, 3.05) is 19.5 Å². The Labute approximate surface area is 175 Å². The number of hydrogen-bond donors (Lipinski definition) is 1. The first-order chi connectivity index (χ1) is 14.0. The minimum Gasteiger partial charge on any atom is -0.497 e. The Kier molecular flexibility index (Phi) is 6.62. The molecule has 150 valence electrons. The first-order valence-electron chi connectivity index (χ1n) is 9.03. The van der Waals surface area contributed by atoms with Crippen molar-refractivity contribution in [3.05, 3.63) is 76.8 Å². The second kappa shape index (κ2) is 9.34. The van der Waals surface area contributed by atoms with Crippen LogP contribution < -0.4 is 19.5 Å². The van der Waals surface area contributed by atoms with Gasteiger partial charge in [-0.05, 0) is 54.4 Å². The molecule has 0 unspecified atom stereocenters. The molecule has 0 spiro atoms. The van der Waals surface area contributed by atoms with Gasteiger partial charge in [-0.15, -0.1) is 0 Å². The van der Waals surface area contributed by atoms with Gasteiger partial charge in [0, 0.05) is 11.1 Å². The number of methoxy groups -OCH3 is 2. The van der Waals surface area contributed by atoms with E-state index in [4.69, 9.17) is 25.8 Å². The lowest BCUT2D eigenvalue weighted by atomic mass is 10.1. The van der Waals surface area contributed by atoms with Gasteiger partial charge in [0.05, 0.1) is 26.3 Å². The molecule has 0 aliphatic heterocycles. The summed E-state index contributed by atoms with van der Waals surface area (Å²) < 4.78 is 16.4. The fourth-order valence-corrected chi connectivity index (χ4v) is 3.08. The van der Waals surface area contributed by atoms with Crippen LogP contribution >= 0.6 is 11.6 Å². The lowest BCUT2D eigenvalue weighted by Gasteiger charge is -2.14. The molecule has 6 heteroatoms. The van der Waals surface area contributed by atoms with E-state index in [0.29, 0.717) is 28.0 Å². The zero-order valence-corrected chi connectivity index (χ0v) is 17.2. The van der Waals surface area contributed by atoms with Crippen LogP contribution in [0.1, 0.15) is 11.1 Å². The number of nitrogens with one attached hydrogen (secondary N) is 1. The van der Waals surface area contributed by atoms with Gasteiger partial charge in [-0.3, -0.25) is 4.79 Å². The van der Waals surface area contributed by atoms with Gasteiger partial charge in [0.15, 0.2) is 5.75 Å². The van der Waals surface area contributed by atoms with Crippen LogP contribution in [0.2, 0.25) is 5.02 Å². The Morgan fingerprint density at radius 1 is 0.931 bits per heavy atom. The first-order valence-corrected chi connectivity index (χ1v) is 9.41. The van der Waals surface area contributed by atoms with Crippen LogP contribution in [-0.2, 0) is 11.2 Å². The van der Waals surface area contributed by atoms with Crippen molar-refractivity contribution in [2.24, 2.45) is 0 Å². The van der Waals surface area contributed by atoms with Crippen molar-refractivity contribution >= 4 is 23.2 Å². The molecular formula is C23H22ClNO4. The minimum atomic E-state index is -0.174. The number of rotatable bonds is 7. The number of carbonyl (C=O) groups excluding carboxylic acids is 1. The Bertz CT molecular complexity index is 1020. The smallest absolute Gasteiger partial charge is 0.228 e. The topological polar surface area (TPSA) is 56.8 Å². The van der Waals surface area contributed by atoms with Crippen LogP contribution in [0.3, 0.4) is 0 Å². The number of anilines is 1. The highest BCUT2D eigenvalue weighted by molar-refractivity contribution is 6.31. The third-order valence-electron chi connectivity index (χ3n) is 4.31. The predicted octanol–water partition coefficient (Wildman–Crippen LogP) is 5.64. The molecule has 3 rings (SSSR count). The molecule has 0 aliphatic carbocycles. The van der Waals surface area contributed by atoms with E-state index in [-0.39, 0.29) is 12.3 Å². The van der Waals surface area contributed by atoms with Crippen LogP contribution in [0.15, 0.2) is 60.7 Å². The van der Waals surface area contributed by atoms with Crippen LogP contribution in [-0.4, -0.2) is 20.1 Å². The van der Waals surface area contributed by atoms with E-state index in [1.54, 1.807) is 38.5 Å². The highest BCUT2D eigenvalue weighted by atomic mass is 35.5. The van der Waals surface area contributed by atoms with Gasteiger partial charge in [0.25, 0.3) is 0 Å². The van der Waals surface area contributed by atoms with Gasteiger partial charge < -0.3 is 19.5 Å². The summed E-state index contributed by atoms with van der Waals surface area (Å²) in [5.74, 6) is 2.37. The number of benzene rings is 3. The van der Waals surface area contributed by atoms with Crippen molar-refractivity contribution in [2.45, 2.75) is 13.3 Å². The van der Waals surface area contributed by atoms with Crippen LogP contribution in [0.4, 0.5) is 5.69 Å². The van der Waals surface area contributed by atoms with Crippen molar-refractivity contribution in [3.8, 4) is 23.0 Å². The van der Waals surface area contributed by atoms with Gasteiger partial charge in [-0.25, -0.2) is 0 Å². The Morgan fingerprint density at radius 2 is 1.69 bits per heavy atom.